The number of ketones is 1. The maximum Gasteiger partial charge on any atom is 0.317 e. The highest BCUT2D eigenvalue weighted by atomic mass is 16.6. The zero-order valence-corrected chi connectivity index (χ0v) is 18.1. The lowest BCUT2D eigenvalue weighted by atomic mass is 9.74. The molecule has 1 aliphatic heterocycles. The van der Waals surface area contributed by atoms with Crippen LogP contribution in [0, 0.1) is 16.0 Å². The molecule has 1 aliphatic rings. The van der Waals surface area contributed by atoms with Gasteiger partial charge in [0.05, 0.1) is 4.92 Å². The summed E-state index contributed by atoms with van der Waals surface area (Å²) in [5.41, 5.74) is 0.942. The van der Waals surface area contributed by atoms with Crippen molar-refractivity contribution < 1.29 is 19.2 Å². The summed E-state index contributed by atoms with van der Waals surface area (Å²) in [6.45, 7) is 3.90. The van der Waals surface area contributed by atoms with E-state index in [-0.39, 0.29) is 17.9 Å². The van der Waals surface area contributed by atoms with Crippen molar-refractivity contribution in [3.05, 3.63) is 75.8 Å². The number of hydrogen-bond donors (Lipinski definition) is 0. The van der Waals surface area contributed by atoms with Crippen LogP contribution < -0.4 is 0 Å². The summed E-state index contributed by atoms with van der Waals surface area (Å²) in [6.07, 6.45) is 3.48. The normalized spacial score (nSPS) is 22.1. The van der Waals surface area contributed by atoms with E-state index < -0.39 is 28.3 Å². The van der Waals surface area contributed by atoms with E-state index in [0.29, 0.717) is 24.8 Å². The number of carbonyl (C=O) groups excluding carboxylic acids is 2. The van der Waals surface area contributed by atoms with Gasteiger partial charge in [-0.25, -0.2) is 0 Å². The zero-order chi connectivity index (χ0) is 22.4. The monoisotopic (exact) mass is 423 g/mol. The molecule has 2 unspecified atom stereocenters. The highest BCUT2D eigenvalue weighted by Gasteiger charge is 2.48. The molecule has 6 heteroatoms. The van der Waals surface area contributed by atoms with Crippen LogP contribution in [0.4, 0.5) is 5.69 Å². The van der Waals surface area contributed by atoms with Crippen LogP contribution in [-0.2, 0) is 20.7 Å². The van der Waals surface area contributed by atoms with Gasteiger partial charge in [0, 0.05) is 24.5 Å². The predicted octanol–water partition coefficient (Wildman–Crippen LogP) is 5.39. The molecule has 1 heterocycles. The second kappa shape index (κ2) is 9.86. The van der Waals surface area contributed by atoms with Crippen LogP contribution in [-0.4, -0.2) is 22.3 Å². The summed E-state index contributed by atoms with van der Waals surface area (Å²) in [7, 11) is 0. The maximum atomic E-state index is 13.3. The van der Waals surface area contributed by atoms with E-state index in [1.807, 2.05) is 44.2 Å². The molecule has 164 valence electrons. The SMILES string of the molecule is CCC[C@@]1(CCc2ccccc2)CC(=O)C(C(CC)c2cccc([N+](=O)[O-])c2)C(=O)O1. The summed E-state index contributed by atoms with van der Waals surface area (Å²) in [4.78, 5) is 37.1. The third-order valence-electron chi connectivity index (χ3n) is 6.18. The van der Waals surface area contributed by atoms with Crippen molar-refractivity contribution in [3.63, 3.8) is 0 Å². The number of carbonyl (C=O) groups is 2. The van der Waals surface area contributed by atoms with Crippen LogP contribution in [0.2, 0.25) is 0 Å². The second-order valence-electron chi connectivity index (χ2n) is 8.33. The number of hydrogen-bond acceptors (Lipinski definition) is 5. The minimum atomic E-state index is -0.922. The molecular formula is C25H29NO5. The van der Waals surface area contributed by atoms with E-state index in [1.54, 1.807) is 12.1 Å². The molecule has 2 aromatic rings. The molecule has 0 saturated carbocycles. The molecule has 6 nitrogen and oxygen atoms in total. The van der Waals surface area contributed by atoms with Crippen LogP contribution in [0.15, 0.2) is 54.6 Å². The Morgan fingerprint density at radius 1 is 1.10 bits per heavy atom. The van der Waals surface area contributed by atoms with Gasteiger partial charge in [-0.15, -0.1) is 0 Å². The Kier molecular flexibility index (Phi) is 7.21. The summed E-state index contributed by atoms with van der Waals surface area (Å²) < 4.78 is 6.01. The fourth-order valence-electron chi connectivity index (χ4n) is 4.67. The topological polar surface area (TPSA) is 86.5 Å². The number of ether oxygens (including phenoxy) is 1. The van der Waals surface area contributed by atoms with Gasteiger partial charge in [0.2, 0.25) is 0 Å². The van der Waals surface area contributed by atoms with Crippen molar-refractivity contribution >= 4 is 17.4 Å². The average molecular weight is 424 g/mol. The number of benzene rings is 2. The minimum absolute atomic E-state index is 0.0456. The number of cyclic esters (lactones) is 1. The average Bonchev–Trinajstić information content (AvgIpc) is 2.76. The van der Waals surface area contributed by atoms with Crippen molar-refractivity contribution in [2.24, 2.45) is 5.92 Å². The quantitative estimate of drug-likeness (QED) is 0.233. The second-order valence-corrected chi connectivity index (χ2v) is 8.33. The molecule has 1 saturated heterocycles. The number of nitro groups is 1. The molecule has 3 rings (SSSR count). The maximum absolute atomic E-state index is 13.3. The first kappa shape index (κ1) is 22.7. The number of nitro benzene ring substituents is 1. The summed E-state index contributed by atoms with van der Waals surface area (Å²) in [5.74, 6) is -1.99. The summed E-state index contributed by atoms with van der Waals surface area (Å²) in [5, 5.41) is 11.2. The van der Waals surface area contributed by atoms with E-state index in [1.165, 1.54) is 12.1 Å². The number of esters is 1. The molecule has 0 spiro atoms. The van der Waals surface area contributed by atoms with Gasteiger partial charge < -0.3 is 4.74 Å². The van der Waals surface area contributed by atoms with Crippen molar-refractivity contribution in [2.45, 2.75) is 63.9 Å². The fourth-order valence-corrected chi connectivity index (χ4v) is 4.67. The van der Waals surface area contributed by atoms with Crippen molar-refractivity contribution in [3.8, 4) is 0 Å². The van der Waals surface area contributed by atoms with Gasteiger partial charge in [-0.05, 0) is 36.8 Å². The van der Waals surface area contributed by atoms with E-state index in [2.05, 4.69) is 0 Å². The van der Waals surface area contributed by atoms with E-state index >= 15 is 0 Å². The third kappa shape index (κ3) is 5.19. The van der Waals surface area contributed by atoms with Crippen molar-refractivity contribution in [1.29, 1.82) is 0 Å². The highest BCUT2D eigenvalue weighted by molar-refractivity contribution is 6.02. The van der Waals surface area contributed by atoms with Crippen LogP contribution in [0.1, 0.15) is 63.0 Å². The number of non-ortho nitro benzene ring substituents is 1. The summed E-state index contributed by atoms with van der Waals surface area (Å²) in [6, 6.07) is 16.2. The lowest BCUT2D eigenvalue weighted by molar-refractivity contribution is -0.384. The molecule has 31 heavy (non-hydrogen) atoms. The van der Waals surface area contributed by atoms with Gasteiger partial charge in [-0.2, -0.15) is 0 Å². The largest absolute Gasteiger partial charge is 0.458 e. The smallest absolute Gasteiger partial charge is 0.317 e. The third-order valence-corrected chi connectivity index (χ3v) is 6.18. The van der Waals surface area contributed by atoms with Crippen molar-refractivity contribution in [1.82, 2.24) is 0 Å². The first-order chi connectivity index (χ1) is 14.9. The molecule has 1 fully saturated rings. The van der Waals surface area contributed by atoms with Gasteiger partial charge in [-0.3, -0.25) is 19.7 Å². The zero-order valence-electron chi connectivity index (χ0n) is 18.1. The van der Waals surface area contributed by atoms with Gasteiger partial charge in [-0.1, -0.05) is 62.7 Å². The lowest BCUT2D eigenvalue weighted by Crippen LogP contribution is -2.49. The van der Waals surface area contributed by atoms with Gasteiger partial charge in [0.25, 0.3) is 5.69 Å². The molecule has 2 aromatic carbocycles. The molecule has 0 radical (unpaired) electrons. The molecule has 0 N–H and O–H groups in total. The molecule has 0 amide bonds. The number of nitrogens with zero attached hydrogens (tertiary/aromatic N) is 1. The Labute approximate surface area is 182 Å². The van der Waals surface area contributed by atoms with Gasteiger partial charge >= 0.3 is 5.97 Å². The predicted molar refractivity (Wildman–Crippen MR) is 118 cm³/mol. The molecule has 0 aliphatic carbocycles. The van der Waals surface area contributed by atoms with Crippen LogP contribution in [0.25, 0.3) is 0 Å². The molecule has 0 bridgehead atoms. The Morgan fingerprint density at radius 3 is 2.45 bits per heavy atom. The molecule has 0 aromatic heterocycles. The van der Waals surface area contributed by atoms with E-state index in [9.17, 15) is 19.7 Å². The van der Waals surface area contributed by atoms with Gasteiger partial charge in [0.15, 0.2) is 5.78 Å². The van der Waals surface area contributed by atoms with Gasteiger partial charge in [0.1, 0.15) is 11.5 Å². The van der Waals surface area contributed by atoms with Crippen molar-refractivity contribution in [2.75, 3.05) is 0 Å². The lowest BCUT2D eigenvalue weighted by Gasteiger charge is -2.40. The Bertz CT molecular complexity index is 922. The summed E-state index contributed by atoms with van der Waals surface area (Å²) >= 11 is 0. The molecular weight excluding hydrogens is 394 g/mol. The van der Waals surface area contributed by atoms with Crippen LogP contribution in [0.5, 0.6) is 0 Å². The van der Waals surface area contributed by atoms with Crippen LogP contribution in [0.3, 0.4) is 0 Å². The number of rotatable bonds is 9. The minimum Gasteiger partial charge on any atom is -0.458 e. The Balaban J connectivity index is 1.82. The fraction of sp³-hybridized carbons (Fsp3) is 0.440. The number of Topliss-reactive ketones (excluding diaryl/α,β-unsaturated/α-hetero) is 1. The Hall–Kier alpha value is -3.02. The van der Waals surface area contributed by atoms with Crippen LogP contribution >= 0.6 is 0 Å². The Morgan fingerprint density at radius 2 is 1.84 bits per heavy atom. The molecule has 3 atom stereocenters. The van der Waals surface area contributed by atoms with E-state index in [0.717, 1.165) is 18.4 Å². The highest BCUT2D eigenvalue weighted by Crippen LogP contribution is 2.41. The first-order valence-corrected chi connectivity index (χ1v) is 10.9. The first-order valence-electron chi connectivity index (χ1n) is 10.9. The van der Waals surface area contributed by atoms with E-state index in [4.69, 9.17) is 4.74 Å². The number of aryl methyl sites for hydroxylation is 1. The standard InChI is InChI=1S/C25H29NO5/c1-3-14-25(15-13-18-9-6-5-7-10-18)17-22(27)23(24(28)31-25)21(4-2)19-11-8-12-20(16-19)26(29)30/h5-12,16,21,23H,3-4,13-15,17H2,1-2H3/t21?,23?,25-/m1/s1.